The fourth-order valence-electron chi connectivity index (χ4n) is 1.76. The van der Waals surface area contributed by atoms with Gasteiger partial charge in [-0.3, -0.25) is 0 Å². The number of unbranched alkanes of at least 4 members (excludes halogenated alkanes) is 3. The van der Waals surface area contributed by atoms with Gasteiger partial charge in [-0.15, -0.1) is 0 Å². The minimum atomic E-state index is -3.68. The Labute approximate surface area is 124 Å². The monoisotopic (exact) mass is 321 g/mol. The van der Waals surface area contributed by atoms with Gasteiger partial charge in [-0.05, 0) is 18.0 Å². The van der Waals surface area contributed by atoms with Crippen LogP contribution in [0.5, 0.6) is 0 Å². The Bertz CT molecular complexity index is 493. The van der Waals surface area contributed by atoms with Gasteiger partial charge in [0.05, 0.1) is 19.0 Å². The van der Waals surface area contributed by atoms with E-state index < -0.39 is 10.0 Å². The molecule has 0 atom stereocenters. The van der Waals surface area contributed by atoms with Crippen molar-refractivity contribution in [3.8, 4) is 0 Å². The predicted octanol–water partition coefficient (Wildman–Crippen LogP) is 1.69. The van der Waals surface area contributed by atoms with E-state index >= 15 is 0 Å². The average Bonchev–Trinajstić information content (AvgIpc) is 2.42. The minimum absolute atomic E-state index is 0.000559. The molecular weight excluding hydrogens is 302 g/mol. The van der Waals surface area contributed by atoms with Gasteiger partial charge in [-0.2, -0.15) is 4.31 Å². The molecule has 0 radical (unpaired) electrons. The third-order valence-electron chi connectivity index (χ3n) is 2.84. The molecule has 0 unspecified atom stereocenters. The van der Waals surface area contributed by atoms with Crippen LogP contribution in [-0.2, 0) is 10.0 Å². The van der Waals surface area contributed by atoms with Crippen LogP contribution in [0.25, 0.3) is 0 Å². The van der Waals surface area contributed by atoms with Crippen molar-refractivity contribution in [3.05, 3.63) is 17.7 Å². The summed E-state index contributed by atoms with van der Waals surface area (Å²) in [7, 11) is -3.68. The maximum absolute atomic E-state index is 12.4. The Morgan fingerprint density at radius 1 is 1.20 bits per heavy atom. The molecule has 8 heteroatoms. The van der Waals surface area contributed by atoms with Crippen molar-refractivity contribution in [2.24, 2.45) is 0 Å². The van der Waals surface area contributed by atoms with Crippen molar-refractivity contribution in [1.29, 1.82) is 0 Å². The summed E-state index contributed by atoms with van der Waals surface area (Å²) in [5.41, 5.74) is 0. The summed E-state index contributed by atoms with van der Waals surface area (Å²) in [6.45, 7) is 2.32. The van der Waals surface area contributed by atoms with Crippen LogP contribution < -0.4 is 0 Å². The lowest BCUT2D eigenvalue weighted by Gasteiger charge is -2.20. The number of sulfonamides is 1. The van der Waals surface area contributed by atoms with Gasteiger partial charge in [0, 0.05) is 13.1 Å². The van der Waals surface area contributed by atoms with E-state index in [0.717, 1.165) is 25.7 Å². The lowest BCUT2D eigenvalue weighted by Crippen LogP contribution is -2.34. The quantitative estimate of drug-likeness (QED) is 0.553. The molecule has 0 spiro atoms. The lowest BCUT2D eigenvalue weighted by atomic mass is 10.2. The zero-order chi connectivity index (χ0) is 15.0. The van der Waals surface area contributed by atoms with Crippen molar-refractivity contribution in [2.75, 3.05) is 19.7 Å². The molecule has 114 valence electrons. The molecule has 0 aliphatic rings. The molecule has 0 aromatic carbocycles. The maximum atomic E-state index is 12.4. The summed E-state index contributed by atoms with van der Waals surface area (Å²) in [5, 5.41) is 9.04. The number of hydrogen-bond donors (Lipinski definition) is 1. The van der Waals surface area contributed by atoms with Crippen molar-refractivity contribution in [3.63, 3.8) is 0 Å². The first kappa shape index (κ1) is 17.3. The zero-order valence-electron chi connectivity index (χ0n) is 11.5. The van der Waals surface area contributed by atoms with E-state index in [0.29, 0.717) is 6.54 Å². The fourth-order valence-corrected chi connectivity index (χ4v) is 3.22. The Morgan fingerprint density at radius 3 is 2.40 bits per heavy atom. The van der Waals surface area contributed by atoms with E-state index in [1.54, 1.807) is 0 Å². The highest BCUT2D eigenvalue weighted by atomic mass is 35.5. The average molecular weight is 322 g/mol. The fraction of sp³-hybridized carbons (Fsp3) is 0.667. The van der Waals surface area contributed by atoms with Crippen LogP contribution >= 0.6 is 11.6 Å². The van der Waals surface area contributed by atoms with Crippen LogP contribution in [0, 0.1) is 0 Å². The van der Waals surface area contributed by atoms with E-state index in [4.69, 9.17) is 16.7 Å². The van der Waals surface area contributed by atoms with Crippen molar-refractivity contribution < 1.29 is 13.5 Å². The first-order chi connectivity index (χ1) is 9.52. The van der Waals surface area contributed by atoms with E-state index in [-0.39, 0.29) is 23.3 Å². The van der Waals surface area contributed by atoms with Crippen LogP contribution in [0.3, 0.4) is 0 Å². The van der Waals surface area contributed by atoms with Gasteiger partial charge in [0.15, 0.2) is 0 Å². The number of halogens is 1. The van der Waals surface area contributed by atoms with Gasteiger partial charge >= 0.3 is 0 Å². The number of aliphatic hydroxyl groups excluding tert-OH is 1. The third-order valence-corrected chi connectivity index (χ3v) is 4.89. The summed E-state index contributed by atoms with van der Waals surface area (Å²) < 4.78 is 26.0. The second-order valence-electron chi connectivity index (χ2n) is 4.38. The molecule has 0 aliphatic carbocycles. The minimum Gasteiger partial charge on any atom is -0.395 e. The molecule has 0 fully saturated rings. The highest BCUT2D eigenvalue weighted by molar-refractivity contribution is 7.89. The molecule has 1 N–H and O–H groups in total. The van der Waals surface area contributed by atoms with E-state index in [2.05, 4.69) is 16.9 Å². The molecule has 0 saturated carbocycles. The molecule has 0 bridgehead atoms. The number of nitrogens with zero attached hydrogens (tertiary/aromatic N) is 3. The SMILES string of the molecule is CCCCCCN(CCO)S(=O)(=O)c1cnc(Cl)nc1. The van der Waals surface area contributed by atoms with Gasteiger partial charge in [0.25, 0.3) is 0 Å². The molecule has 6 nitrogen and oxygen atoms in total. The second-order valence-corrected chi connectivity index (χ2v) is 6.65. The van der Waals surface area contributed by atoms with E-state index in [1.807, 2.05) is 0 Å². The van der Waals surface area contributed by atoms with Crippen LogP contribution in [-0.4, -0.2) is 47.5 Å². The topological polar surface area (TPSA) is 83.4 Å². The van der Waals surface area contributed by atoms with Gasteiger partial charge in [-0.1, -0.05) is 26.2 Å². The highest BCUT2D eigenvalue weighted by Crippen LogP contribution is 2.15. The molecule has 20 heavy (non-hydrogen) atoms. The Kier molecular flexibility index (Phi) is 7.36. The maximum Gasteiger partial charge on any atom is 0.246 e. The molecule has 0 saturated heterocycles. The summed E-state index contributed by atoms with van der Waals surface area (Å²) in [5.74, 6) is 0. The number of aromatic nitrogens is 2. The van der Waals surface area contributed by atoms with Crippen LogP contribution in [0.1, 0.15) is 32.6 Å². The van der Waals surface area contributed by atoms with Crippen LogP contribution in [0.4, 0.5) is 0 Å². The highest BCUT2D eigenvalue weighted by Gasteiger charge is 2.24. The van der Waals surface area contributed by atoms with E-state index in [1.165, 1.54) is 16.7 Å². The number of rotatable bonds is 9. The van der Waals surface area contributed by atoms with Gasteiger partial charge < -0.3 is 5.11 Å². The predicted molar refractivity (Wildman–Crippen MR) is 77.0 cm³/mol. The number of hydrogen-bond acceptors (Lipinski definition) is 5. The van der Waals surface area contributed by atoms with Gasteiger partial charge in [0.2, 0.25) is 15.3 Å². The van der Waals surface area contributed by atoms with Crippen molar-refractivity contribution >= 4 is 21.6 Å². The molecule has 1 aromatic rings. The first-order valence-electron chi connectivity index (χ1n) is 6.61. The normalized spacial score (nSPS) is 12.0. The van der Waals surface area contributed by atoms with Gasteiger partial charge in [-0.25, -0.2) is 18.4 Å². The largest absolute Gasteiger partial charge is 0.395 e. The Balaban J connectivity index is 2.80. The van der Waals surface area contributed by atoms with Crippen LogP contribution in [0.2, 0.25) is 5.28 Å². The summed E-state index contributed by atoms with van der Waals surface area (Å²) in [6.07, 6.45) is 6.24. The van der Waals surface area contributed by atoms with E-state index in [9.17, 15) is 8.42 Å². The molecule has 0 amide bonds. The smallest absolute Gasteiger partial charge is 0.246 e. The standard InChI is InChI=1S/C12H20ClN3O3S/c1-2-3-4-5-6-16(7-8-17)20(18,19)11-9-14-12(13)15-10-11/h9-10,17H,2-8H2,1H3. The molecule has 1 rings (SSSR count). The molecular formula is C12H20ClN3O3S. The van der Waals surface area contributed by atoms with Crippen molar-refractivity contribution in [1.82, 2.24) is 14.3 Å². The third kappa shape index (κ3) is 4.97. The molecule has 0 aliphatic heterocycles. The van der Waals surface area contributed by atoms with Crippen molar-refractivity contribution in [2.45, 2.75) is 37.5 Å². The molecule has 1 heterocycles. The molecule has 1 aromatic heterocycles. The zero-order valence-corrected chi connectivity index (χ0v) is 13.1. The number of aliphatic hydroxyl groups is 1. The van der Waals surface area contributed by atoms with Gasteiger partial charge in [0.1, 0.15) is 4.90 Å². The summed E-state index contributed by atoms with van der Waals surface area (Å²) >= 11 is 5.55. The first-order valence-corrected chi connectivity index (χ1v) is 8.42. The van der Waals surface area contributed by atoms with Crippen LogP contribution in [0.15, 0.2) is 17.3 Å². The summed E-state index contributed by atoms with van der Waals surface area (Å²) in [6, 6.07) is 0. The Morgan fingerprint density at radius 2 is 1.85 bits per heavy atom. The Hall–Kier alpha value is -0.760. The summed E-state index contributed by atoms with van der Waals surface area (Å²) in [4.78, 5) is 7.36. The second kappa shape index (κ2) is 8.51. The lowest BCUT2D eigenvalue weighted by molar-refractivity contribution is 0.251.